The van der Waals surface area contributed by atoms with Crippen molar-refractivity contribution in [3.63, 3.8) is 0 Å². The third-order valence-electron chi connectivity index (χ3n) is 7.39. The molecule has 0 fully saturated rings. The van der Waals surface area contributed by atoms with E-state index in [1.807, 2.05) is 30.3 Å². The maximum atomic E-state index is 14.4. The fourth-order valence-electron chi connectivity index (χ4n) is 5.04. The number of methoxy groups -OCH3 is 1. The Bertz CT molecular complexity index is 1620. The van der Waals surface area contributed by atoms with Crippen molar-refractivity contribution in [1.29, 1.82) is 0 Å². The van der Waals surface area contributed by atoms with Crippen LogP contribution in [0.2, 0.25) is 0 Å². The zero-order chi connectivity index (χ0) is 29.4. The minimum atomic E-state index is -3.69. The van der Waals surface area contributed by atoms with Crippen LogP contribution >= 0.6 is 28.3 Å². The van der Waals surface area contributed by atoms with Crippen LogP contribution in [-0.2, 0) is 30.8 Å². The molecule has 1 unspecified atom stereocenters. The summed E-state index contributed by atoms with van der Waals surface area (Å²) in [6.45, 7) is 1.28. The van der Waals surface area contributed by atoms with Crippen molar-refractivity contribution >= 4 is 78.0 Å². The van der Waals surface area contributed by atoms with Crippen LogP contribution < -0.4 is 25.6 Å². The summed E-state index contributed by atoms with van der Waals surface area (Å²) >= 11 is 3.50. The number of sulfone groups is 1. The number of anilines is 2. The van der Waals surface area contributed by atoms with Crippen LogP contribution in [0.25, 0.3) is 10.8 Å². The third-order valence-corrected chi connectivity index (χ3v) is 8.66. The zero-order valence-electron chi connectivity index (χ0n) is 23.0. The van der Waals surface area contributed by atoms with Crippen LogP contribution in [0.4, 0.5) is 11.4 Å². The van der Waals surface area contributed by atoms with Crippen molar-refractivity contribution in [1.82, 2.24) is 5.32 Å². The van der Waals surface area contributed by atoms with Crippen LogP contribution in [0.1, 0.15) is 12.5 Å². The van der Waals surface area contributed by atoms with Crippen LogP contribution in [0.3, 0.4) is 0 Å². The van der Waals surface area contributed by atoms with Gasteiger partial charge in [0.05, 0.1) is 30.9 Å². The lowest BCUT2D eigenvalue weighted by Gasteiger charge is -2.36. The van der Waals surface area contributed by atoms with Gasteiger partial charge in [-0.2, -0.15) is 0 Å². The quantitative estimate of drug-likeness (QED) is 0.377. The first-order valence-corrected chi connectivity index (χ1v) is 15.3. The van der Waals surface area contributed by atoms with Gasteiger partial charge in [0.1, 0.15) is 17.0 Å². The number of ether oxygens (including phenoxy) is 1. The van der Waals surface area contributed by atoms with E-state index in [1.54, 1.807) is 31.4 Å². The lowest BCUT2D eigenvalue weighted by molar-refractivity contribution is -0.133. The number of halogens is 2. The summed E-state index contributed by atoms with van der Waals surface area (Å²) in [6, 6.07) is 16.3. The van der Waals surface area contributed by atoms with Crippen LogP contribution in [-0.4, -0.2) is 64.4 Å². The molecule has 4 rings (SSSR count). The average Bonchev–Trinajstić information content (AvgIpc) is 3.02. The van der Waals surface area contributed by atoms with E-state index in [0.717, 1.165) is 27.1 Å². The molecule has 0 aromatic heterocycles. The van der Waals surface area contributed by atoms with E-state index in [2.05, 4.69) is 21.2 Å². The van der Waals surface area contributed by atoms with E-state index in [9.17, 15) is 22.8 Å². The summed E-state index contributed by atoms with van der Waals surface area (Å²) in [4.78, 5) is 43.3. The predicted octanol–water partition coefficient (Wildman–Crippen LogP) is 3.04. The smallest absolute Gasteiger partial charge is 0.242 e. The Balaban J connectivity index is 0.00000462. The summed E-state index contributed by atoms with van der Waals surface area (Å²) < 4.78 is 30.7. The molecule has 10 nitrogen and oxygen atoms in total. The molecule has 0 aliphatic carbocycles. The van der Waals surface area contributed by atoms with Crippen LogP contribution in [0.5, 0.6) is 5.75 Å². The van der Waals surface area contributed by atoms with E-state index >= 15 is 0 Å². The number of hydrogen-bond donors (Lipinski definition) is 2. The fourth-order valence-corrected chi connectivity index (χ4v) is 6.03. The number of para-hydroxylation sites is 2. The average molecular weight is 668 g/mol. The Morgan fingerprint density at radius 2 is 1.80 bits per heavy atom. The summed E-state index contributed by atoms with van der Waals surface area (Å²) in [6.07, 6.45) is 0.968. The monoisotopic (exact) mass is 666 g/mol. The molecule has 0 bridgehead atoms. The van der Waals surface area contributed by atoms with Crippen LogP contribution in [0, 0.1) is 5.92 Å². The molecule has 3 N–H and O–H groups in total. The normalized spacial score (nSPS) is 16.8. The molecular weight excluding hydrogens is 636 g/mol. The standard InChI is InChI=1S/C28H31BrN4O6S.ClH/c1-28(31-2,27(30)36)21-15-32(25(34)16-40(4,37)38)22-7-5-6-8-23(22)33(26(21)35)14-20-19-11-10-18(29)13-17(19)9-12-24(20)39-3;/h5-13,21,31H,14-16H2,1-4H3,(H2,30,36);1H/t21-,28?;/m1./s1. The Labute approximate surface area is 253 Å². The van der Waals surface area contributed by atoms with Gasteiger partial charge >= 0.3 is 0 Å². The van der Waals surface area contributed by atoms with Gasteiger partial charge in [0.15, 0.2) is 9.84 Å². The first-order chi connectivity index (χ1) is 18.8. The first kappa shape index (κ1) is 32.3. The summed E-state index contributed by atoms with van der Waals surface area (Å²) in [5.41, 5.74) is 5.68. The number of nitrogens with one attached hydrogen (secondary N) is 1. The Kier molecular flexibility index (Phi) is 9.74. The van der Waals surface area contributed by atoms with Gasteiger partial charge in [-0.15, -0.1) is 12.4 Å². The summed E-state index contributed by atoms with van der Waals surface area (Å²) in [5.74, 6) is -3.33. The molecule has 0 saturated heterocycles. The maximum absolute atomic E-state index is 14.4. The molecule has 0 saturated carbocycles. The lowest BCUT2D eigenvalue weighted by atomic mass is 9.83. The molecule has 3 aromatic rings. The van der Waals surface area contributed by atoms with Crippen LogP contribution in [0.15, 0.2) is 59.1 Å². The number of nitrogens with two attached hydrogens (primary N) is 1. The van der Waals surface area contributed by atoms with Gasteiger partial charge in [-0.05, 0) is 55.1 Å². The zero-order valence-corrected chi connectivity index (χ0v) is 26.2. The van der Waals surface area contributed by atoms with Gasteiger partial charge in [-0.25, -0.2) is 8.42 Å². The second-order valence-corrected chi connectivity index (χ2v) is 13.0. The Morgan fingerprint density at radius 3 is 2.39 bits per heavy atom. The van der Waals surface area contributed by atoms with E-state index in [-0.39, 0.29) is 25.5 Å². The number of carbonyl (C=O) groups is 3. The van der Waals surface area contributed by atoms with Gasteiger partial charge in [0.2, 0.25) is 17.7 Å². The largest absolute Gasteiger partial charge is 0.496 e. The number of nitrogens with zero attached hydrogens (tertiary/aromatic N) is 2. The number of rotatable bonds is 8. The van der Waals surface area contributed by atoms with Crippen molar-refractivity contribution in [2.75, 3.05) is 42.5 Å². The second-order valence-electron chi connectivity index (χ2n) is 9.97. The van der Waals surface area contributed by atoms with Gasteiger partial charge in [0.25, 0.3) is 0 Å². The summed E-state index contributed by atoms with van der Waals surface area (Å²) in [7, 11) is -0.640. The van der Waals surface area contributed by atoms with Crippen molar-refractivity contribution < 1.29 is 27.5 Å². The van der Waals surface area contributed by atoms with Gasteiger partial charge in [0, 0.05) is 22.8 Å². The van der Waals surface area contributed by atoms with Gasteiger partial charge in [-0.1, -0.05) is 40.2 Å². The van der Waals surface area contributed by atoms with Crippen molar-refractivity contribution in [3.05, 3.63) is 64.6 Å². The van der Waals surface area contributed by atoms with Gasteiger partial charge < -0.3 is 25.6 Å². The number of carbonyl (C=O) groups excluding carboxylic acids is 3. The lowest BCUT2D eigenvalue weighted by Crippen LogP contribution is -2.63. The number of likely N-dealkylation sites (N-methyl/N-ethyl adjacent to an activating group) is 1. The van der Waals surface area contributed by atoms with E-state index in [1.165, 1.54) is 23.8 Å². The molecular formula is C28H32BrClN4O6S. The molecule has 0 spiro atoms. The summed E-state index contributed by atoms with van der Waals surface area (Å²) in [5, 5.41) is 4.64. The molecule has 1 aliphatic heterocycles. The minimum Gasteiger partial charge on any atom is -0.496 e. The fraction of sp³-hybridized carbons (Fsp3) is 0.321. The predicted molar refractivity (Wildman–Crippen MR) is 165 cm³/mol. The molecule has 0 radical (unpaired) electrons. The first-order valence-electron chi connectivity index (χ1n) is 12.4. The highest BCUT2D eigenvalue weighted by Crippen LogP contribution is 2.40. The highest BCUT2D eigenvalue weighted by molar-refractivity contribution is 9.10. The van der Waals surface area contributed by atoms with E-state index in [4.69, 9.17) is 10.5 Å². The highest BCUT2D eigenvalue weighted by atomic mass is 79.9. The number of fused-ring (bicyclic) bond motifs is 2. The van der Waals surface area contributed by atoms with Gasteiger partial charge in [-0.3, -0.25) is 14.4 Å². The maximum Gasteiger partial charge on any atom is 0.242 e. The molecule has 220 valence electrons. The van der Waals surface area contributed by atoms with E-state index < -0.39 is 44.8 Å². The Hall–Kier alpha value is -3.19. The topological polar surface area (TPSA) is 139 Å². The number of hydrogen-bond acceptors (Lipinski definition) is 7. The highest BCUT2D eigenvalue weighted by Gasteiger charge is 2.49. The molecule has 1 heterocycles. The SMILES string of the molecule is CNC(C)(C(N)=O)[C@@H]1CN(C(=O)CS(C)(=O)=O)c2ccccc2N(Cc2c(OC)ccc3cc(Br)ccc23)C1=O.Cl. The van der Waals surface area contributed by atoms with Crippen molar-refractivity contribution in [3.8, 4) is 5.75 Å². The molecule has 41 heavy (non-hydrogen) atoms. The minimum absolute atomic E-state index is 0. The van der Waals surface area contributed by atoms with Crippen molar-refractivity contribution in [2.45, 2.75) is 19.0 Å². The number of benzene rings is 3. The molecule has 13 heteroatoms. The third kappa shape index (κ3) is 6.35. The molecule has 3 aromatic carbocycles. The Morgan fingerprint density at radius 1 is 1.15 bits per heavy atom. The van der Waals surface area contributed by atoms with E-state index in [0.29, 0.717) is 17.1 Å². The molecule has 1 aliphatic rings. The number of primary amides is 1. The van der Waals surface area contributed by atoms with Crippen molar-refractivity contribution in [2.24, 2.45) is 11.7 Å². The number of amides is 3. The second kappa shape index (κ2) is 12.4. The molecule has 3 amide bonds. The molecule has 2 atom stereocenters.